The van der Waals surface area contributed by atoms with Gasteiger partial charge in [-0.3, -0.25) is 9.48 Å². The number of amides is 1. The lowest BCUT2D eigenvalue weighted by atomic mass is 10.0. The Balaban J connectivity index is 1.86. The average molecular weight is 306 g/mol. The van der Waals surface area contributed by atoms with Crippen molar-refractivity contribution in [1.82, 2.24) is 20.0 Å². The molecule has 22 heavy (non-hydrogen) atoms. The van der Waals surface area contributed by atoms with Crippen LogP contribution in [0.3, 0.4) is 0 Å². The van der Waals surface area contributed by atoms with Gasteiger partial charge in [0.15, 0.2) is 0 Å². The number of carbonyl (C=O) groups excluding carboxylic acids is 1. The normalized spacial score (nSPS) is 19.6. The highest BCUT2D eigenvalue weighted by atomic mass is 16.2. The molecular weight excluding hydrogens is 276 g/mol. The molecule has 1 atom stereocenters. The van der Waals surface area contributed by atoms with Gasteiger partial charge in [-0.25, -0.2) is 0 Å². The molecule has 1 fully saturated rings. The molecule has 1 amide bonds. The summed E-state index contributed by atoms with van der Waals surface area (Å²) in [4.78, 5) is 14.8. The zero-order valence-electron chi connectivity index (χ0n) is 14.4. The van der Waals surface area contributed by atoms with Crippen molar-refractivity contribution in [2.45, 2.75) is 53.0 Å². The highest BCUT2D eigenvalue weighted by Crippen LogP contribution is 2.15. The number of nitrogens with one attached hydrogen (secondary N) is 1. The van der Waals surface area contributed by atoms with Crippen LogP contribution >= 0.6 is 0 Å². The molecule has 5 nitrogen and oxygen atoms in total. The van der Waals surface area contributed by atoms with Crippen LogP contribution in [0.25, 0.3) is 0 Å². The number of piperidine rings is 1. The van der Waals surface area contributed by atoms with Crippen LogP contribution in [0, 0.1) is 5.92 Å². The van der Waals surface area contributed by atoms with E-state index in [2.05, 4.69) is 36.1 Å². The second-order valence-corrected chi connectivity index (χ2v) is 6.73. The van der Waals surface area contributed by atoms with E-state index in [4.69, 9.17) is 0 Å². The second kappa shape index (κ2) is 7.77. The fraction of sp³-hybridized carbons (Fsp3) is 0.765. The standard InChI is InChI=1S/C17H30N4O/c1-5-21-16(11-15(19-21)13(2)3)17(22)18-8-10-20-9-6-7-14(4)12-20/h11,13-14H,5-10,12H2,1-4H3,(H,18,22). The number of aryl methyl sites for hydroxylation is 1. The van der Waals surface area contributed by atoms with E-state index in [9.17, 15) is 4.79 Å². The molecule has 1 aromatic rings. The van der Waals surface area contributed by atoms with Crippen LogP contribution < -0.4 is 5.32 Å². The summed E-state index contributed by atoms with van der Waals surface area (Å²) in [6.07, 6.45) is 2.60. The molecule has 1 N–H and O–H groups in total. The molecule has 2 heterocycles. The number of carbonyl (C=O) groups is 1. The van der Waals surface area contributed by atoms with E-state index in [0.29, 0.717) is 18.2 Å². The summed E-state index contributed by atoms with van der Waals surface area (Å²) in [6, 6.07) is 1.92. The van der Waals surface area contributed by atoms with Gasteiger partial charge in [-0.05, 0) is 44.2 Å². The Labute approximate surface area is 134 Å². The lowest BCUT2D eigenvalue weighted by molar-refractivity contribution is 0.0933. The molecule has 0 bridgehead atoms. The molecule has 2 rings (SSSR count). The molecule has 0 spiro atoms. The third-order valence-electron chi connectivity index (χ3n) is 4.38. The van der Waals surface area contributed by atoms with E-state index in [0.717, 1.165) is 37.8 Å². The maximum Gasteiger partial charge on any atom is 0.269 e. The monoisotopic (exact) mass is 306 g/mol. The van der Waals surface area contributed by atoms with Gasteiger partial charge in [0, 0.05) is 26.2 Å². The van der Waals surface area contributed by atoms with Gasteiger partial charge in [-0.1, -0.05) is 20.8 Å². The van der Waals surface area contributed by atoms with Crippen molar-refractivity contribution in [3.63, 3.8) is 0 Å². The minimum absolute atomic E-state index is 0.00805. The summed E-state index contributed by atoms with van der Waals surface area (Å²) in [7, 11) is 0. The summed E-state index contributed by atoms with van der Waals surface area (Å²) >= 11 is 0. The van der Waals surface area contributed by atoms with E-state index < -0.39 is 0 Å². The molecule has 1 aliphatic heterocycles. The van der Waals surface area contributed by atoms with E-state index >= 15 is 0 Å². The quantitative estimate of drug-likeness (QED) is 0.878. The van der Waals surface area contributed by atoms with Crippen molar-refractivity contribution in [1.29, 1.82) is 0 Å². The van der Waals surface area contributed by atoms with E-state index in [1.54, 1.807) is 4.68 Å². The molecule has 124 valence electrons. The minimum Gasteiger partial charge on any atom is -0.349 e. The van der Waals surface area contributed by atoms with Gasteiger partial charge in [0.25, 0.3) is 5.91 Å². The van der Waals surface area contributed by atoms with Crippen molar-refractivity contribution >= 4 is 5.91 Å². The molecule has 0 radical (unpaired) electrons. The Hall–Kier alpha value is -1.36. The Morgan fingerprint density at radius 3 is 2.91 bits per heavy atom. The molecular formula is C17H30N4O. The van der Waals surface area contributed by atoms with Crippen LogP contribution in [0.4, 0.5) is 0 Å². The highest BCUT2D eigenvalue weighted by molar-refractivity contribution is 5.92. The molecule has 5 heteroatoms. The summed E-state index contributed by atoms with van der Waals surface area (Å²) in [5.74, 6) is 1.11. The SMILES string of the molecule is CCn1nc(C(C)C)cc1C(=O)NCCN1CCCC(C)C1. The molecule has 1 aromatic heterocycles. The highest BCUT2D eigenvalue weighted by Gasteiger charge is 2.18. The Morgan fingerprint density at radius 2 is 2.27 bits per heavy atom. The van der Waals surface area contributed by atoms with Gasteiger partial charge in [-0.15, -0.1) is 0 Å². The average Bonchev–Trinajstić information content (AvgIpc) is 2.92. The van der Waals surface area contributed by atoms with Crippen LogP contribution in [0.5, 0.6) is 0 Å². The van der Waals surface area contributed by atoms with Crippen molar-refractivity contribution in [3.05, 3.63) is 17.5 Å². The first-order valence-electron chi connectivity index (χ1n) is 8.59. The third-order valence-corrected chi connectivity index (χ3v) is 4.38. The Morgan fingerprint density at radius 1 is 1.50 bits per heavy atom. The van der Waals surface area contributed by atoms with E-state index in [1.807, 2.05) is 13.0 Å². The van der Waals surface area contributed by atoms with Crippen molar-refractivity contribution in [2.24, 2.45) is 5.92 Å². The number of hydrogen-bond acceptors (Lipinski definition) is 3. The van der Waals surface area contributed by atoms with Crippen LogP contribution in [-0.4, -0.2) is 46.8 Å². The number of nitrogens with zero attached hydrogens (tertiary/aromatic N) is 3. The lowest BCUT2D eigenvalue weighted by Crippen LogP contribution is -2.40. The minimum atomic E-state index is -0.00805. The van der Waals surface area contributed by atoms with Gasteiger partial charge in [0.2, 0.25) is 0 Å². The van der Waals surface area contributed by atoms with Gasteiger partial charge in [-0.2, -0.15) is 5.10 Å². The predicted molar refractivity (Wildman–Crippen MR) is 89.2 cm³/mol. The molecule has 1 saturated heterocycles. The number of aromatic nitrogens is 2. The summed E-state index contributed by atoms with van der Waals surface area (Å²) in [6.45, 7) is 13.2. The van der Waals surface area contributed by atoms with Crippen molar-refractivity contribution in [2.75, 3.05) is 26.2 Å². The predicted octanol–water partition coefficient (Wildman–Crippen LogP) is 2.49. The first kappa shape index (κ1) is 17.0. The fourth-order valence-electron chi connectivity index (χ4n) is 3.05. The smallest absolute Gasteiger partial charge is 0.269 e. The summed E-state index contributed by atoms with van der Waals surface area (Å²) in [5.41, 5.74) is 1.66. The van der Waals surface area contributed by atoms with Crippen LogP contribution in [0.1, 0.15) is 62.6 Å². The Bertz CT molecular complexity index is 495. The summed E-state index contributed by atoms with van der Waals surface area (Å²) in [5, 5.41) is 7.55. The van der Waals surface area contributed by atoms with E-state index in [1.165, 1.54) is 12.8 Å². The van der Waals surface area contributed by atoms with E-state index in [-0.39, 0.29) is 5.91 Å². The topological polar surface area (TPSA) is 50.2 Å². The number of rotatable bonds is 6. The first-order chi connectivity index (χ1) is 10.5. The molecule has 1 aliphatic rings. The maximum atomic E-state index is 12.4. The summed E-state index contributed by atoms with van der Waals surface area (Å²) < 4.78 is 1.80. The largest absolute Gasteiger partial charge is 0.349 e. The van der Waals surface area contributed by atoms with Crippen molar-refractivity contribution < 1.29 is 4.79 Å². The van der Waals surface area contributed by atoms with Crippen molar-refractivity contribution in [3.8, 4) is 0 Å². The molecule has 0 aliphatic carbocycles. The Kier molecular flexibility index (Phi) is 6.00. The van der Waals surface area contributed by atoms with Gasteiger partial charge in [0.1, 0.15) is 5.69 Å². The fourth-order valence-corrected chi connectivity index (χ4v) is 3.05. The molecule has 1 unspecified atom stereocenters. The van der Waals surface area contributed by atoms with Gasteiger partial charge in [0.05, 0.1) is 5.69 Å². The molecule has 0 aromatic carbocycles. The number of hydrogen-bond donors (Lipinski definition) is 1. The number of likely N-dealkylation sites (tertiary alicyclic amines) is 1. The lowest BCUT2D eigenvalue weighted by Gasteiger charge is -2.30. The first-order valence-corrected chi connectivity index (χ1v) is 8.59. The van der Waals surface area contributed by atoms with Gasteiger partial charge < -0.3 is 10.2 Å². The van der Waals surface area contributed by atoms with Gasteiger partial charge >= 0.3 is 0 Å². The zero-order chi connectivity index (χ0) is 16.1. The third kappa shape index (κ3) is 4.32. The molecule has 0 saturated carbocycles. The zero-order valence-corrected chi connectivity index (χ0v) is 14.4. The van der Waals surface area contributed by atoms with Crippen LogP contribution in [0.15, 0.2) is 6.07 Å². The second-order valence-electron chi connectivity index (χ2n) is 6.73. The van der Waals surface area contributed by atoms with Crippen LogP contribution in [0.2, 0.25) is 0 Å². The maximum absolute atomic E-state index is 12.4. The van der Waals surface area contributed by atoms with Crippen LogP contribution in [-0.2, 0) is 6.54 Å².